The van der Waals surface area contributed by atoms with Crippen LogP contribution in [0.4, 0.5) is 11.4 Å². The van der Waals surface area contributed by atoms with Crippen LogP contribution in [0.3, 0.4) is 0 Å². The predicted octanol–water partition coefficient (Wildman–Crippen LogP) is 7.36. The predicted molar refractivity (Wildman–Crippen MR) is 192 cm³/mol. The molecule has 0 saturated carbocycles. The van der Waals surface area contributed by atoms with Crippen molar-refractivity contribution < 1.29 is 36.5 Å². The third-order valence-electron chi connectivity index (χ3n) is 9.42. The Morgan fingerprint density at radius 1 is 0.833 bits per heavy atom. The van der Waals surface area contributed by atoms with Crippen LogP contribution in [0.5, 0.6) is 23.0 Å². The van der Waals surface area contributed by atoms with Gasteiger partial charge >= 0.3 is 0 Å². The van der Waals surface area contributed by atoms with E-state index in [0.717, 1.165) is 69.8 Å². The second kappa shape index (κ2) is 14.0. The van der Waals surface area contributed by atoms with Gasteiger partial charge in [0, 0.05) is 52.8 Å². The Labute approximate surface area is 290 Å². The number of hydrogen-bond acceptors (Lipinski definition) is 8. The molecule has 11 heteroatoms. The number of hydrogen-bond donors (Lipinski definition) is 0. The summed E-state index contributed by atoms with van der Waals surface area (Å²) in [4.78, 5) is 2.24. The van der Waals surface area contributed by atoms with Gasteiger partial charge in [0.2, 0.25) is 5.69 Å². The van der Waals surface area contributed by atoms with Gasteiger partial charge in [-0.25, -0.2) is 8.42 Å². The van der Waals surface area contributed by atoms with Crippen molar-refractivity contribution in [3.8, 4) is 23.0 Å². The molecule has 260 valence electrons. The third-order valence-corrected chi connectivity index (χ3v) is 9.90. The fourth-order valence-corrected chi connectivity index (χ4v) is 7.19. The molecular weight excluding hydrogens is 652 g/mol. The van der Waals surface area contributed by atoms with Gasteiger partial charge in [-0.1, -0.05) is 37.6 Å². The number of halogens is 1. The average Bonchev–Trinajstić information content (AvgIpc) is 3.33. The highest BCUT2D eigenvalue weighted by atomic mass is 35.5. The Balaban J connectivity index is 0.000000968. The first-order valence-electron chi connectivity index (χ1n) is 15.7. The first-order valence-corrected chi connectivity index (χ1v) is 17.9. The fraction of sp³-hybridized carbons (Fsp3) is 0.432. The lowest BCUT2D eigenvalue weighted by molar-refractivity contribution is -0.401. The largest absolute Gasteiger partial charge is 0.748 e. The molecule has 0 amide bonds. The van der Waals surface area contributed by atoms with E-state index in [4.69, 9.17) is 43.5 Å². The van der Waals surface area contributed by atoms with Crippen LogP contribution in [0.2, 0.25) is 0 Å². The highest BCUT2D eigenvalue weighted by Gasteiger charge is 2.44. The van der Waals surface area contributed by atoms with Crippen LogP contribution >= 0.6 is 11.6 Å². The summed E-state index contributed by atoms with van der Waals surface area (Å²) in [5, 5.41) is 0.846. The molecule has 48 heavy (non-hydrogen) atoms. The Bertz CT molecular complexity index is 1860. The van der Waals surface area contributed by atoms with Gasteiger partial charge in [-0.2, -0.15) is 4.58 Å². The molecule has 9 nitrogen and oxygen atoms in total. The number of benzene rings is 2. The summed E-state index contributed by atoms with van der Waals surface area (Å²) < 4.78 is 51.8. The number of nitrogens with zero attached hydrogens (tertiary/aromatic N) is 2. The van der Waals surface area contributed by atoms with E-state index in [1.165, 1.54) is 22.5 Å². The van der Waals surface area contributed by atoms with Crippen LogP contribution in [0.25, 0.3) is 0 Å². The van der Waals surface area contributed by atoms with Crippen LogP contribution in [-0.4, -0.2) is 72.0 Å². The van der Waals surface area contributed by atoms with Crippen LogP contribution in [0.1, 0.15) is 58.1 Å². The molecule has 2 aliphatic heterocycles. The number of fused-ring (bicyclic) bond motifs is 2. The minimum Gasteiger partial charge on any atom is -0.748 e. The van der Waals surface area contributed by atoms with Crippen molar-refractivity contribution in [2.75, 3.05) is 53.7 Å². The topological polar surface area (TPSA) is 100 Å². The van der Waals surface area contributed by atoms with E-state index in [1.807, 2.05) is 0 Å². The molecule has 0 aromatic heterocycles. The summed E-state index contributed by atoms with van der Waals surface area (Å²) in [5.41, 5.74) is 8.99. The molecule has 0 fully saturated rings. The number of ether oxygens (including phenoxy) is 4. The van der Waals surface area contributed by atoms with Crippen molar-refractivity contribution >= 4 is 38.8 Å². The Morgan fingerprint density at radius 3 is 1.92 bits per heavy atom. The molecule has 2 aromatic carbocycles. The number of likely N-dealkylation sites (N-methyl/N-ethyl adjacent to an activating group) is 1. The normalized spacial score (nSPS) is 19.8. The van der Waals surface area contributed by atoms with Crippen LogP contribution in [0, 0.1) is 0 Å². The van der Waals surface area contributed by atoms with Gasteiger partial charge in [0.1, 0.15) is 7.05 Å². The SMILES string of the molecule is COc1cc2c(cc1OC)C(C)(C)/C(=C/C=C1CCCC(/C=C/C3=[N+](C)c4cc(OC)c(OC)cc4C3(C)C)=C1Cl)N2C.CS(=O)(=O)[O-]. The van der Waals surface area contributed by atoms with E-state index in [0.29, 0.717) is 6.26 Å². The minimum atomic E-state index is -3.92. The molecule has 2 aromatic rings. The molecule has 3 aliphatic rings. The van der Waals surface area contributed by atoms with Gasteiger partial charge in [-0.05, 0) is 68.0 Å². The van der Waals surface area contributed by atoms with Crippen molar-refractivity contribution in [1.82, 2.24) is 0 Å². The first kappa shape index (κ1) is 37.1. The Morgan fingerprint density at radius 2 is 1.35 bits per heavy atom. The summed E-state index contributed by atoms with van der Waals surface area (Å²) in [5.74, 6) is 2.95. The molecule has 0 saturated heterocycles. The average molecular weight is 699 g/mol. The quantitative estimate of drug-likeness (QED) is 0.219. The molecule has 2 heterocycles. The van der Waals surface area contributed by atoms with E-state index in [1.54, 1.807) is 28.4 Å². The van der Waals surface area contributed by atoms with Gasteiger partial charge in [0.15, 0.2) is 28.7 Å². The van der Waals surface area contributed by atoms with Crippen LogP contribution in [0.15, 0.2) is 70.4 Å². The van der Waals surface area contributed by atoms with Gasteiger partial charge in [-0.3, -0.25) is 0 Å². The van der Waals surface area contributed by atoms with Crippen molar-refractivity contribution in [2.45, 2.75) is 57.8 Å². The molecular formula is C37H47ClN2O7S. The highest BCUT2D eigenvalue weighted by Crippen LogP contribution is 2.51. The lowest BCUT2D eigenvalue weighted by atomic mass is 9.81. The summed E-state index contributed by atoms with van der Waals surface area (Å²) in [6, 6.07) is 8.31. The highest BCUT2D eigenvalue weighted by molar-refractivity contribution is 7.84. The maximum atomic E-state index is 9.08. The molecule has 1 aliphatic carbocycles. The second-order valence-corrected chi connectivity index (χ2v) is 15.0. The standard InChI is InChI=1S/C36H44ClN2O4.CH4O3S/c1-35(2)24-18-28(40-7)30(42-9)20-26(24)38(5)32(35)16-14-22-12-11-13-23(34(22)37)15-17-33-36(3,4)25-19-29(41-8)31(43-10)21-27(25)39(33)6;1-5(2,3)4/h14-21H,11-13H2,1-10H3;1H3,(H,2,3,4)/q+1;/p-1. The first-order chi connectivity index (χ1) is 22.4. The number of anilines is 1. The van der Waals surface area contributed by atoms with Gasteiger partial charge in [-0.15, -0.1) is 0 Å². The fourth-order valence-electron chi connectivity index (χ4n) is 6.87. The molecule has 0 unspecified atom stereocenters. The third kappa shape index (κ3) is 7.16. The second-order valence-electron chi connectivity index (χ2n) is 13.2. The van der Waals surface area contributed by atoms with E-state index in [-0.39, 0.29) is 10.8 Å². The molecule has 0 spiro atoms. The van der Waals surface area contributed by atoms with Crippen molar-refractivity contribution in [1.29, 1.82) is 0 Å². The zero-order valence-corrected chi connectivity index (χ0v) is 31.4. The smallest absolute Gasteiger partial charge is 0.213 e. The number of methoxy groups -OCH3 is 4. The number of allylic oxidation sites excluding steroid dienone is 8. The maximum absolute atomic E-state index is 9.08. The minimum absolute atomic E-state index is 0.204. The van der Waals surface area contributed by atoms with E-state index < -0.39 is 10.1 Å². The van der Waals surface area contributed by atoms with Gasteiger partial charge in [0.25, 0.3) is 0 Å². The van der Waals surface area contributed by atoms with Crippen LogP contribution in [-0.2, 0) is 20.9 Å². The van der Waals surface area contributed by atoms with E-state index >= 15 is 0 Å². The molecule has 0 N–H and O–H groups in total. The summed E-state index contributed by atoms with van der Waals surface area (Å²) in [7, 11) is 7.00. The number of rotatable bonds is 7. The Hall–Kier alpha value is -3.73. The molecule has 5 rings (SSSR count). The van der Waals surface area contributed by atoms with Crippen LogP contribution < -0.4 is 23.8 Å². The van der Waals surface area contributed by atoms with Crippen molar-refractivity contribution in [2.24, 2.45) is 0 Å². The van der Waals surface area contributed by atoms with Gasteiger partial charge in [0.05, 0.1) is 50.0 Å². The van der Waals surface area contributed by atoms with E-state index in [2.05, 4.69) is 99.8 Å². The van der Waals surface area contributed by atoms with Crippen molar-refractivity contribution in [3.05, 3.63) is 81.6 Å². The monoisotopic (exact) mass is 698 g/mol. The summed E-state index contributed by atoms with van der Waals surface area (Å²) in [6.07, 6.45) is 12.4. The lowest BCUT2D eigenvalue weighted by Gasteiger charge is -2.24. The van der Waals surface area contributed by atoms with E-state index in [9.17, 15) is 0 Å². The van der Waals surface area contributed by atoms with Gasteiger partial charge < -0.3 is 28.4 Å². The summed E-state index contributed by atoms with van der Waals surface area (Å²) >= 11 is 7.10. The maximum Gasteiger partial charge on any atom is 0.213 e. The zero-order chi connectivity index (χ0) is 35.8. The summed E-state index contributed by atoms with van der Waals surface area (Å²) in [6.45, 7) is 8.99. The zero-order valence-electron chi connectivity index (χ0n) is 29.8. The Kier molecular flexibility index (Phi) is 10.8. The molecule has 0 radical (unpaired) electrons. The molecule has 0 atom stereocenters. The molecule has 0 bridgehead atoms. The lowest BCUT2D eigenvalue weighted by Crippen LogP contribution is -2.26. The van der Waals surface area contributed by atoms with Crippen molar-refractivity contribution in [3.63, 3.8) is 0 Å².